The Labute approximate surface area is 131 Å². The van der Waals surface area contributed by atoms with Crippen molar-refractivity contribution in [1.29, 1.82) is 0 Å². The van der Waals surface area contributed by atoms with Crippen molar-refractivity contribution in [2.45, 2.75) is 52.0 Å². The number of hydrogen-bond donors (Lipinski definition) is 1. The minimum Gasteiger partial charge on any atom is -0.365 e. The number of amides is 1. The lowest BCUT2D eigenvalue weighted by Gasteiger charge is -2.31. The molecule has 0 aromatic carbocycles. The predicted molar refractivity (Wildman–Crippen MR) is 84.8 cm³/mol. The van der Waals surface area contributed by atoms with Gasteiger partial charge in [-0.3, -0.25) is 4.79 Å². The number of aromatic nitrogens is 2. The molecule has 0 saturated carbocycles. The maximum Gasteiger partial charge on any atom is 0.222 e. The second kappa shape index (κ2) is 5.79. The first-order chi connectivity index (χ1) is 9.68. The lowest BCUT2D eigenvalue weighted by Crippen LogP contribution is -2.43. The number of rotatable bonds is 2. The Morgan fingerprint density at radius 3 is 2.57 bits per heavy atom. The summed E-state index contributed by atoms with van der Waals surface area (Å²) < 4.78 is 0. The molecule has 1 aromatic heterocycles. The molecule has 1 atom stereocenters. The molecule has 0 bridgehead atoms. The van der Waals surface area contributed by atoms with E-state index in [1.54, 1.807) is 4.90 Å². The zero-order chi connectivity index (χ0) is 15.8. The Kier molecular flexibility index (Phi) is 4.42. The Balaban J connectivity index is 2.23. The molecule has 2 heterocycles. The van der Waals surface area contributed by atoms with E-state index in [4.69, 9.17) is 11.6 Å². The van der Waals surface area contributed by atoms with Gasteiger partial charge in [-0.25, -0.2) is 9.97 Å². The molecule has 1 aliphatic rings. The quantitative estimate of drug-likeness (QED) is 0.853. The first-order valence-corrected chi connectivity index (χ1v) is 7.61. The summed E-state index contributed by atoms with van der Waals surface area (Å²) in [6, 6.07) is 0.199. The van der Waals surface area contributed by atoms with Gasteiger partial charge in [-0.2, -0.15) is 0 Å². The fourth-order valence-corrected chi connectivity index (χ4v) is 2.46. The minimum absolute atomic E-state index is 0.160. The molecule has 1 fully saturated rings. The van der Waals surface area contributed by atoms with E-state index in [1.165, 1.54) is 0 Å². The number of likely N-dealkylation sites (tertiary alicyclic amines) is 1. The van der Waals surface area contributed by atoms with Crippen LogP contribution in [0.3, 0.4) is 0 Å². The first-order valence-electron chi connectivity index (χ1n) is 7.23. The SMILES string of the molecule is Cc1c(Cl)nc(C(C)(C)C)nc1NC1CCC(=O)N(C)C1. The molecule has 0 radical (unpaired) electrons. The average Bonchev–Trinajstić information content (AvgIpc) is 2.38. The van der Waals surface area contributed by atoms with E-state index in [1.807, 2.05) is 14.0 Å². The Morgan fingerprint density at radius 1 is 1.33 bits per heavy atom. The van der Waals surface area contributed by atoms with E-state index in [-0.39, 0.29) is 17.4 Å². The average molecular weight is 311 g/mol. The second-order valence-corrected chi connectivity index (χ2v) is 7.07. The van der Waals surface area contributed by atoms with Crippen LogP contribution in [-0.2, 0) is 10.2 Å². The molecule has 116 valence electrons. The normalized spacial score (nSPS) is 19.8. The van der Waals surface area contributed by atoms with Gasteiger partial charge in [0.1, 0.15) is 16.8 Å². The van der Waals surface area contributed by atoms with Crippen LogP contribution in [0.2, 0.25) is 5.15 Å². The van der Waals surface area contributed by atoms with Gasteiger partial charge in [0.05, 0.1) is 0 Å². The van der Waals surface area contributed by atoms with Crippen LogP contribution in [0.25, 0.3) is 0 Å². The van der Waals surface area contributed by atoms with E-state index < -0.39 is 0 Å². The number of halogens is 1. The summed E-state index contributed by atoms with van der Waals surface area (Å²) in [5.41, 5.74) is 0.691. The number of anilines is 1. The predicted octanol–water partition coefficient (Wildman–Crippen LogP) is 2.77. The van der Waals surface area contributed by atoms with Crippen LogP contribution in [0.5, 0.6) is 0 Å². The van der Waals surface area contributed by atoms with Crippen LogP contribution in [-0.4, -0.2) is 40.4 Å². The van der Waals surface area contributed by atoms with E-state index >= 15 is 0 Å². The molecule has 1 saturated heterocycles. The minimum atomic E-state index is -0.160. The van der Waals surface area contributed by atoms with Gasteiger partial charge < -0.3 is 10.2 Å². The Bertz CT molecular complexity index is 553. The van der Waals surface area contributed by atoms with Gasteiger partial charge in [-0.05, 0) is 13.3 Å². The number of carbonyl (C=O) groups excluding carboxylic acids is 1. The molecule has 1 aliphatic heterocycles. The molecule has 0 aliphatic carbocycles. The molecule has 5 nitrogen and oxygen atoms in total. The van der Waals surface area contributed by atoms with Gasteiger partial charge in [-0.15, -0.1) is 0 Å². The summed E-state index contributed by atoms with van der Waals surface area (Å²) in [4.78, 5) is 22.3. The highest BCUT2D eigenvalue weighted by atomic mass is 35.5. The Morgan fingerprint density at radius 2 is 2.00 bits per heavy atom. The molecule has 1 aromatic rings. The van der Waals surface area contributed by atoms with Crippen molar-refractivity contribution >= 4 is 23.3 Å². The number of hydrogen-bond acceptors (Lipinski definition) is 4. The van der Waals surface area contributed by atoms with E-state index in [9.17, 15) is 4.79 Å². The van der Waals surface area contributed by atoms with Crippen molar-refractivity contribution in [3.05, 3.63) is 16.5 Å². The van der Waals surface area contributed by atoms with Crippen LogP contribution in [0, 0.1) is 6.92 Å². The van der Waals surface area contributed by atoms with Crippen LogP contribution in [0.15, 0.2) is 0 Å². The van der Waals surface area contributed by atoms with Gasteiger partial charge in [0, 0.05) is 37.0 Å². The molecule has 1 N–H and O–H groups in total. The van der Waals surface area contributed by atoms with Gasteiger partial charge in [0.2, 0.25) is 5.91 Å². The largest absolute Gasteiger partial charge is 0.365 e. The molecular formula is C15H23ClN4O. The highest BCUT2D eigenvalue weighted by molar-refractivity contribution is 6.30. The zero-order valence-electron chi connectivity index (χ0n) is 13.3. The standard InChI is InChI=1S/C15H23ClN4O/c1-9-12(16)18-14(15(2,3)4)19-13(9)17-10-6-7-11(21)20(5)8-10/h10H,6-8H2,1-5H3,(H,17,18,19). The van der Waals surface area contributed by atoms with Crippen molar-refractivity contribution in [3.63, 3.8) is 0 Å². The van der Waals surface area contributed by atoms with Crippen LogP contribution in [0.1, 0.15) is 45.0 Å². The molecule has 2 rings (SSSR count). The number of nitrogens with one attached hydrogen (secondary N) is 1. The van der Waals surface area contributed by atoms with Crippen LogP contribution in [0.4, 0.5) is 5.82 Å². The van der Waals surface area contributed by atoms with E-state index in [0.29, 0.717) is 18.1 Å². The van der Waals surface area contributed by atoms with Crippen molar-refractivity contribution in [2.75, 3.05) is 18.9 Å². The molecule has 1 unspecified atom stereocenters. The van der Waals surface area contributed by atoms with Crippen molar-refractivity contribution in [3.8, 4) is 0 Å². The highest BCUT2D eigenvalue weighted by Crippen LogP contribution is 2.27. The number of likely N-dealkylation sites (N-methyl/N-ethyl adjacent to an activating group) is 1. The molecule has 21 heavy (non-hydrogen) atoms. The van der Waals surface area contributed by atoms with Crippen molar-refractivity contribution < 1.29 is 4.79 Å². The third-order valence-electron chi connectivity index (χ3n) is 3.72. The Hall–Kier alpha value is -1.36. The highest BCUT2D eigenvalue weighted by Gasteiger charge is 2.25. The van der Waals surface area contributed by atoms with Gasteiger partial charge in [0.25, 0.3) is 0 Å². The van der Waals surface area contributed by atoms with Crippen LogP contribution < -0.4 is 5.32 Å². The van der Waals surface area contributed by atoms with Gasteiger partial charge in [-0.1, -0.05) is 32.4 Å². The molecule has 6 heteroatoms. The summed E-state index contributed by atoms with van der Waals surface area (Å²) >= 11 is 6.24. The first kappa shape index (κ1) is 16.0. The lowest BCUT2D eigenvalue weighted by molar-refractivity contribution is -0.132. The summed E-state index contributed by atoms with van der Waals surface area (Å²) in [6.07, 6.45) is 1.38. The third kappa shape index (κ3) is 3.64. The number of nitrogens with zero attached hydrogens (tertiary/aromatic N) is 3. The number of piperidine rings is 1. The van der Waals surface area contributed by atoms with Crippen LogP contribution >= 0.6 is 11.6 Å². The summed E-state index contributed by atoms with van der Waals surface area (Å²) in [5, 5.41) is 3.91. The fourth-order valence-electron chi connectivity index (χ4n) is 2.29. The maximum absolute atomic E-state index is 11.6. The molecule has 0 spiro atoms. The third-order valence-corrected chi connectivity index (χ3v) is 4.09. The van der Waals surface area contributed by atoms with Crippen molar-refractivity contribution in [2.24, 2.45) is 0 Å². The zero-order valence-corrected chi connectivity index (χ0v) is 14.1. The summed E-state index contributed by atoms with van der Waals surface area (Å²) in [7, 11) is 1.83. The molecular weight excluding hydrogens is 288 g/mol. The summed E-state index contributed by atoms with van der Waals surface area (Å²) in [6.45, 7) is 8.78. The topological polar surface area (TPSA) is 58.1 Å². The smallest absolute Gasteiger partial charge is 0.222 e. The maximum atomic E-state index is 11.6. The lowest BCUT2D eigenvalue weighted by atomic mass is 9.95. The monoisotopic (exact) mass is 310 g/mol. The van der Waals surface area contributed by atoms with Crippen molar-refractivity contribution in [1.82, 2.24) is 14.9 Å². The van der Waals surface area contributed by atoms with E-state index in [0.717, 1.165) is 23.6 Å². The number of carbonyl (C=O) groups is 1. The van der Waals surface area contributed by atoms with E-state index in [2.05, 4.69) is 36.1 Å². The van der Waals surface area contributed by atoms with Gasteiger partial charge in [0.15, 0.2) is 0 Å². The van der Waals surface area contributed by atoms with Gasteiger partial charge >= 0.3 is 0 Å². The fraction of sp³-hybridized carbons (Fsp3) is 0.667. The summed E-state index contributed by atoms with van der Waals surface area (Å²) in [5.74, 6) is 1.69. The second-order valence-electron chi connectivity index (χ2n) is 6.72. The molecule has 1 amide bonds.